The Morgan fingerprint density at radius 2 is 1.00 bits per heavy atom. The van der Waals surface area contributed by atoms with Gasteiger partial charge in [0.25, 0.3) is 0 Å². The van der Waals surface area contributed by atoms with E-state index in [1.165, 1.54) is 0 Å². The molecule has 0 aliphatic rings. The van der Waals surface area contributed by atoms with Crippen molar-refractivity contribution in [2.75, 3.05) is 0 Å². The summed E-state index contributed by atoms with van der Waals surface area (Å²) < 4.78 is 11.6. The van der Waals surface area contributed by atoms with E-state index in [-0.39, 0.29) is 5.78 Å². The molecule has 4 rings (SSSR count). The molecule has 0 heterocycles. The van der Waals surface area contributed by atoms with Gasteiger partial charge >= 0.3 is 0 Å². The molecule has 2 atom stereocenters. The van der Waals surface area contributed by atoms with E-state index in [1.54, 1.807) is 36.4 Å². The molecule has 0 aromatic heterocycles. The van der Waals surface area contributed by atoms with Crippen molar-refractivity contribution >= 4 is 28.0 Å². The van der Waals surface area contributed by atoms with Gasteiger partial charge in [0.1, 0.15) is 29.3 Å². The predicted molar refractivity (Wildman–Crippen MR) is 131 cm³/mol. The molecular formula is C28H21BrO4. The molecule has 0 saturated heterocycles. The van der Waals surface area contributed by atoms with Crippen molar-refractivity contribution in [2.45, 2.75) is 10.7 Å². The van der Waals surface area contributed by atoms with Gasteiger partial charge in [-0.3, -0.25) is 4.79 Å². The summed E-state index contributed by atoms with van der Waals surface area (Å²) in [6.45, 7) is 0. The van der Waals surface area contributed by atoms with Crippen molar-refractivity contribution in [3.8, 4) is 23.0 Å². The number of benzene rings is 4. The zero-order valence-electron chi connectivity index (χ0n) is 17.6. The number of para-hydroxylation sites is 2. The topological polar surface area (TPSA) is 52.6 Å². The summed E-state index contributed by atoms with van der Waals surface area (Å²) >= 11 is 3.47. The molecule has 0 aliphatic heterocycles. The number of Topliss-reactive ketones (excluding diaryl/α,β-unsaturated/α-hetero) is 1. The molecule has 0 aliphatic carbocycles. The molecule has 0 radical (unpaired) electrons. The molecule has 0 spiro atoms. The minimum Gasteiger partial charge on any atom is -0.457 e. The van der Waals surface area contributed by atoms with Gasteiger partial charge in [-0.15, -0.1) is 0 Å². The average Bonchev–Trinajstić information content (AvgIpc) is 2.87. The first-order valence-electron chi connectivity index (χ1n) is 10.4. The molecule has 2 unspecified atom stereocenters. The van der Waals surface area contributed by atoms with E-state index >= 15 is 0 Å². The third-order valence-corrected chi connectivity index (χ3v) is 6.04. The van der Waals surface area contributed by atoms with Crippen molar-refractivity contribution < 1.29 is 19.1 Å². The first-order chi connectivity index (χ1) is 16.1. The number of carbonyl (C=O) groups is 2. The Bertz CT molecular complexity index is 1190. The van der Waals surface area contributed by atoms with E-state index < -0.39 is 10.7 Å². The first-order valence-corrected chi connectivity index (χ1v) is 11.3. The molecule has 0 bridgehead atoms. The fourth-order valence-corrected chi connectivity index (χ4v) is 3.92. The van der Waals surface area contributed by atoms with E-state index in [0.717, 1.165) is 11.3 Å². The van der Waals surface area contributed by atoms with Crippen LogP contribution in [0.25, 0.3) is 0 Å². The summed E-state index contributed by atoms with van der Waals surface area (Å²) in [6.07, 6.45) is 0.677. The lowest BCUT2D eigenvalue weighted by atomic mass is 9.92. The zero-order valence-corrected chi connectivity index (χ0v) is 19.2. The number of halogens is 1. The van der Waals surface area contributed by atoms with Crippen molar-refractivity contribution in [2.24, 2.45) is 0 Å². The second kappa shape index (κ2) is 10.7. The van der Waals surface area contributed by atoms with Gasteiger partial charge in [-0.2, -0.15) is 0 Å². The van der Waals surface area contributed by atoms with Gasteiger partial charge in [0.15, 0.2) is 5.78 Å². The predicted octanol–water partition coefficient (Wildman–Crippen LogP) is 7.26. The number of ketones is 1. The van der Waals surface area contributed by atoms with Gasteiger partial charge in [-0.05, 0) is 59.7 Å². The summed E-state index contributed by atoms with van der Waals surface area (Å²) in [5.41, 5.74) is 1.36. The SMILES string of the molecule is O=CC(C(=O)C(Br)c1ccc(Oc2ccccc2)cc1)c1ccc(Oc2ccccc2)cc1. The lowest BCUT2D eigenvalue weighted by molar-refractivity contribution is -0.123. The molecule has 0 fully saturated rings. The summed E-state index contributed by atoms with van der Waals surface area (Å²) in [6, 6.07) is 33.1. The minimum absolute atomic E-state index is 0.238. The number of alkyl halides is 1. The molecule has 0 saturated carbocycles. The van der Waals surface area contributed by atoms with Crippen LogP contribution in [0.15, 0.2) is 109 Å². The van der Waals surface area contributed by atoms with Gasteiger partial charge < -0.3 is 14.3 Å². The van der Waals surface area contributed by atoms with Crippen LogP contribution in [-0.2, 0) is 9.59 Å². The number of carbonyl (C=O) groups excluding carboxylic acids is 2. The average molecular weight is 501 g/mol. The van der Waals surface area contributed by atoms with Crippen LogP contribution in [0.4, 0.5) is 0 Å². The number of aldehydes is 1. The van der Waals surface area contributed by atoms with Crippen LogP contribution in [0.3, 0.4) is 0 Å². The molecule has 5 heteroatoms. The summed E-state index contributed by atoms with van der Waals surface area (Å²) in [5.74, 6) is 1.62. The van der Waals surface area contributed by atoms with E-state index in [9.17, 15) is 9.59 Å². The largest absolute Gasteiger partial charge is 0.457 e. The number of hydrogen-bond acceptors (Lipinski definition) is 4. The Morgan fingerprint density at radius 1 is 0.606 bits per heavy atom. The molecular weight excluding hydrogens is 480 g/mol. The Labute approximate surface area is 200 Å². The Balaban J connectivity index is 1.43. The Morgan fingerprint density at radius 3 is 1.42 bits per heavy atom. The van der Waals surface area contributed by atoms with Crippen molar-refractivity contribution in [3.05, 3.63) is 120 Å². The van der Waals surface area contributed by atoms with Crippen LogP contribution in [-0.4, -0.2) is 12.1 Å². The molecule has 33 heavy (non-hydrogen) atoms. The molecule has 0 N–H and O–H groups in total. The minimum atomic E-state index is -0.889. The van der Waals surface area contributed by atoms with Crippen LogP contribution >= 0.6 is 15.9 Å². The number of ether oxygens (including phenoxy) is 2. The zero-order chi connectivity index (χ0) is 23.0. The summed E-state index contributed by atoms with van der Waals surface area (Å²) in [7, 11) is 0. The maximum Gasteiger partial charge on any atom is 0.165 e. The van der Waals surface area contributed by atoms with Crippen LogP contribution in [0, 0.1) is 0 Å². The highest BCUT2D eigenvalue weighted by Crippen LogP contribution is 2.33. The summed E-state index contributed by atoms with van der Waals surface area (Å²) in [4.78, 5) is 24.3. The van der Waals surface area contributed by atoms with E-state index in [2.05, 4.69) is 15.9 Å². The lowest BCUT2D eigenvalue weighted by Gasteiger charge is -2.16. The molecule has 164 valence electrons. The lowest BCUT2D eigenvalue weighted by Crippen LogP contribution is -2.18. The molecule has 0 amide bonds. The Hall–Kier alpha value is -3.70. The summed E-state index contributed by atoms with van der Waals surface area (Å²) in [5, 5.41) is 0. The smallest absolute Gasteiger partial charge is 0.165 e. The van der Waals surface area contributed by atoms with Crippen LogP contribution in [0.2, 0.25) is 0 Å². The number of hydrogen-bond donors (Lipinski definition) is 0. The van der Waals surface area contributed by atoms with E-state index in [4.69, 9.17) is 9.47 Å². The molecule has 4 aromatic rings. The van der Waals surface area contributed by atoms with Crippen LogP contribution in [0.5, 0.6) is 23.0 Å². The molecule has 4 aromatic carbocycles. The van der Waals surface area contributed by atoms with Gasteiger partial charge in [0.2, 0.25) is 0 Å². The quantitative estimate of drug-likeness (QED) is 0.138. The normalized spacial score (nSPS) is 12.4. The fraction of sp³-hybridized carbons (Fsp3) is 0.0714. The second-order valence-electron chi connectivity index (χ2n) is 7.35. The maximum absolute atomic E-state index is 13.1. The standard InChI is InChI=1S/C28H21BrO4/c29-27(21-13-17-25(18-14-21)33-23-9-5-2-6-10-23)28(31)26(19-30)20-11-15-24(16-12-20)32-22-7-3-1-4-8-22/h1-19,26-27H. The monoisotopic (exact) mass is 500 g/mol. The highest BCUT2D eigenvalue weighted by Gasteiger charge is 2.27. The third kappa shape index (κ3) is 5.76. The van der Waals surface area contributed by atoms with E-state index in [0.29, 0.717) is 29.1 Å². The Kier molecular flexibility index (Phi) is 7.33. The van der Waals surface area contributed by atoms with Gasteiger partial charge in [0.05, 0.1) is 10.7 Å². The van der Waals surface area contributed by atoms with Crippen LogP contribution in [0.1, 0.15) is 21.9 Å². The van der Waals surface area contributed by atoms with Gasteiger partial charge in [-0.1, -0.05) is 76.6 Å². The second-order valence-corrected chi connectivity index (χ2v) is 8.26. The highest BCUT2D eigenvalue weighted by molar-refractivity contribution is 9.09. The first kappa shape index (κ1) is 22.5. The van der Waals surface area contributed by atoms with Gasteiger partial charge in [0, 0.05) is 0 Å². The number of rotatable bonds is 9. The highest BCUT2D eigenvalue weighted by atomic mass is 79.9. The van der Waals surface area contributed by atoms with Crippen molar-refractivity contribution in [1.82, 2.24) is 0 Å². The maximum atomic E-state index is 13.1. The van der Waals surface area contributed by atoms with Crippen molar-refractivity contribution in [1.29, 1.82) is 0 Å². The van der Waals surface area contributed by atoms with Crippen LogP contribution < -0.4 is 9.47 Å². The van der Waals surface area contributed by atoms with E-state index in [1.807, 2.05) is 72.8 Å². The van der Waals surface area contributed by atoms with Crippen molar-refractivity contribution in [3.63, 3.8) is 0 Å². The fourth-order valence-electron chi connectivity index (χ4n) is 3.33. The third-order valence-electron chi connectivity index (χ3n) is 5.06. The molecule has 4 nitrogen and oxygen atoms in total. The van der Waals surface area contributed by atoms with Gasteiger partial charge in [-0.25, -0.2) is 0 Å².